The van der Waals surface area contributed by atoms with Crippen LogP contribution >= 0.6 is 0 Å². The Hall–Kier alpha value is -1.47. The molecule has 0 heterocycles. The van der Waals surface area contributed by atoms with Crippen molar-refractivity contribution in [2.45, 2.75) is 12.4 Å². The maximum atomic E-state index is 13.2. The first-order valence-electron chi connectivity index (χ1n) is 4.10. The van der Waals surface area contributed by atoms with Crippen LogP contribution in [0.4, 0.5) is 30.7 Å². The highest BCUT2D eigenvalue weighted by Crippen LogP contribution is 2.42. The van der Waals surface area contributed by atoms with Crippen LogP contribution in [0.1, 0.15) is 11.1 Å². The second-order valence-corrected chi connectivity index (χ2v) is 3.00. The zero-order valence-corrected chi connectivity index (χ0v) is 8.21. The summed E-state index contributed by atoms with van der Waals surface area (Å²) in [6, 6.07) is 0.158. The Labute approximate surface area is 90.8 Å². The third-order valence-corrected chi connectivity index (χ3v) is 1.91. The number of alkyl halides is 6. The van der Waals surface area contributed by atoms with Gasteiger partial charge in [-0.3, -0.25) is 0 Å². The Kier molecular flexibility index (Phi) is 3.26. The van der Waals surface area contributed by atoms with Gasteiger partial charge in [0.25, 0.3) is 0 Å². The van der Waals surface area contributed by atoms with Crippen molar-refractivity contribution in [3.05, 3.63) is 29.1 Å². The maximum Gasteiger partial charge on any atom is 0.420 e. The average Bonchev–Trinajstić information content (AvgIpc) is 2.13. The molecule has 0 aliphatic heterocycles. The van der Waals surface area contributed by atoms with Gasteiger partial charge in [-0.15, -0.1) is 0 Å². The van der Waals surface area contributed by atoms with E-state index in [4.69, 9.17) is 0 Å². The van der Waals surface area contributed by atoms with Crippen LogP contribution in [0.25, 0.3) is 0 Å². The normalized spacial score (nSPS) is 12.7. The van der Waals surface area contributed by atoms with E-state index in [9.17, 15) is 30.7 Å². The van der Waals surface area contributed by atoms with Crippen molar-refractivity contribution in [3.63, 3.8) is 0 Å². The molecule has 1 nitrogen and oxygen atoms in total. The van der Waals surface area contributed by atoms with Gasteiger partial charge in [-0.05, 0) is 12.1 Å². The predicted molar refractivity (Wildman–Crippen MR) is 43.0 cm³/mol. The topological polar surface area (TPSA) is 9.23 Å². The Balaban J connectivity index is 3.49. The van der Waals surface area contributed by atoms with E-state index in [1.54, 1.807) is 0 Å². The standard InChI is InChI=1S/C9H5F7O/c1-17-7-5(9(14,15)16)3-2-4(6(7)10)8(11,12)13/h2-3H,1H3. The van der Waals surface area contributed by atoms with E-state index in [1.807, 2.05) is 0 Å². The summed E-state index contributed by atoms with van der Waals surface area (Å²) in [7, 11) is 0.661. The van der Waals surface area contributed by atoms with Crippen molar-refractivity contribution < 1.29 is 35.5 Å². The summed E-state index contributed by atoms with van der Waals surface area (Å²) in [4.78, 5) is 0. The lowest BCUT2D eigenvalue weighted by molar-refractivity contribution is -0.144. The van der Waals surface area contributed by atoms with Crippen LogP contribution in [-0.4, -0.2) is 7.11 Å². The van der Waals surface area contributed by atoms with Crippen LogP contribution in [0.2, 0.25) is 0 Å². The molecule has 0 unspecified atom stereocenters. The van der Waals surface area contributed by atoms with Crippen LogP contribution in [0.5, 0.6) is 5.75 Å². The summed E-state index contributed by atoms with van der Waals surface area (Å²) in [6.45, 7) is 0. The van der Waals surface area contributed by atoms with Gasteiger partial charge in [0, 0.05) is 0 Å². The first-order valence-corrected chi connectivity index (χ1v) is 4.10. The summed E-state index contributed by atoms with van der Waals surface area (Å²) < 4.78 is 90.9. The maximum absolute atomic E-state index is 13.2. The molecule has 0 amide bonds. The number of hydrogen-bond donors (Lipinski definition) is 0. The third-order valence-electron chi connectivity index (χ3n) is 1.91. The molecule has 0 atom stereocenters. The number of hydrogen-bond acceptors (Lipinski definition) is 1. The largest absolute Gasteiger partial charge is 0.493 e. The number of benzene rings is 1. The molecule has 0 fully saturated rings. The highest BCUT2D eigenvalue weighted by atomic mass is 19.4. The lowest BCUT2D eigenvalue weighted by Gasteiger charge is -2.15. The van der Waals surface area contributed by atoms with Gasteiger partial charge >= 0.3 is 12.4 Å². The Morgan fingerprint density at radius 3 is 1.65 bits per heavy atom. The monoisotopic (exact) mass is 262 g/mol. The minimum absolute atomic E-state index is 0.0284. The molecule has 0 saturated heterocycles. The van der Waals surface area contributed by atoms with E-state index < -0.39 is 35.0 Å². The Morgan fingerprint density at radius 2 is 1.29 bits per heavy atom. The molecule has 0 bridgehead atoms. The van der Waals surface area contributed by atoms with Crippen molar-refractivity contribution in [2.24, 2.45) is 0 Å². The molecule has 96 valence electrons. The van der Waals surface area contributed by atoms with E-state index in [0.717, 1.165) is 0 Å². The molecule has 1 aromatic rings. The van der Waals surface area contributed by atoms with Crippen LogP contribution < -0.4 is 4.74 Å². The molecule has 17 heavy (non-hydrogen) atoms. The van der Waals surface area contributed by atoms with E-state index in [0.29, 0.717) is 7.11 Å². The van der Waals surface area contributed by atoms with Crippen molar-refractivity contribution in [2.75, 3.05) is 7.11 Å². The lowest BCUT2D eigenvalue weighted by atomic mass is 10.1. The number of rotatable bonds is 1. The average molecular weight is 262 g/mol. The summed E-state index contributed by atoms with van der Waals surface area (Å²) in [5.41, 5.74) is -3.40. The van der Waals surface area contributed by atoms with Gasteiger partial charge in [0.1, 0.15) is 5.56 Å². The fraction of sp³-hybridized carbons (Fsp3) is 0.333. The smallest absolute Gasteiger partial charge is 0.420 e. The number of halogens is 7. The summed E-state index contributed by atoms with van der Waals surface area (Å²) >= 11 is 0. The lowest BCUT2D eigenvalue weighted by Crippen LogP contribution is -2.14. The Bertz CT molecular complexity index is 419. The highest BCUT2D eigenvalue weighted by molar-refractivity contribution is 5.42. The van der Waals surface area contributed by atoms with Crippen LogP contribution in [0, 0.1) is 5.82 Å². The van der Waals surface area contributed by atoms with E-state index in [-0.39, 0.29) is 12.1 Å². The molecular weight excluding hydrogens is 257 g/mol. The predicted octanol–water partition coefficient (Wildman–Crippen LogP) is 3.87. The second-order valence-electron chi connectivity index (χ2n) is 3.00. The summed E-state index contributed by atoms with van der Waals surface area (Å²) in [6.07, 6.45) is -10.1. The van der Waals surface area contributed by atoms with Crippen molar-refractivity contribution >= 4 is 0 Å². The van der Waals surface area contributed by atoms with Crippen molar-refractivity contribution in [1.82, 2.24) is 0 Å². The fourth-order valence-electron chi connectivity index (χ4n) is 1.20. The molecule has 0 aliphatic carbocycles. The van der Waals surface area contributed by atoms with Gasteiger partial charge in [-0.25, -0.2) is 4.39 Å². The van der Waals surface area contributed by atoms with Crippen LogP contribution in [0.15, 0.2) is 12.1 Å². The molecule has 0 aliphatic rings. The van der Waals surface area contributed by atoms with Crippen LogP contribution in [0.3, 0.4) is 0 Å². The summed E-state index contributed by atoms with van der Waals surface area (Å²) in [5.74, 6) is -3.54. The van der Waals surface area contributed by atoms with E-state index in [2.05, 4.69) is 4.74 Å². The molecule has 1 rings (SSSR count). The van der Waals surface area contributed by atoms with Crippen LogP contribution in [-0.2, 0) is 12.4 Å². The van der Waals surface area contributed by atoms with Gasteiger partial charge < -0.3 is 4.74 Å². The molecule has 0 N–H and O–H groups in total. The van der Waals surface area contributed by atoms with Gasteiger partial charge in [-0.1, -0.05) is 0 Å². The molecular formula is C9H5F7O. The number of methoxy groups -OCH3 is 1. The van der Waals surface area contributed by atoms with E-state index >= 15 is 0 Å². The third kappa shape index (κ3) is 2.62. The van der Waals surface area contributed by atoms with Gasteiger partial charge in [-0.2, -0.15) is 26.3 Å². The van der Waals surface area contributed by atoms with E-state index in [1.165, 1.54) is 0 Å². The highest BCUT2D eigenvalue weighted by Gasteiger charge is 2.41. The fourth-order valence-corrected chi connectivity index (χ4v) is 1.20. The number of ether oxygens (including phenoxy) is 1. The van der Waals surface area contributed by atoms with Crippen molar-refractivity contribution in [3.8, 4) is 5.75 Å². The zero-order chi connectivity index (χ0) is 13.4. The minimum atomic E-state index is -5.08. The molecule has 8 heteroatoms. The first-order chi connectivity index (χ1) is 7.59. The molecule has 0 spiro atoms. The zero-order valence-electron chi connectivity index (χ0n) is 8.21. The second kappa shape index (κ2) is 4.08. The van der Waals surface area contributed by atoms with Gasteiger partial charge in [0.2, 0.25) is 0 Å². The SMILES string of the molecule is COc1c(C(F)(F)F)ccc(C(F)(F)F)c1F. The molecule has 0 radical (unpaired) electrons. The first kappa shape index (κ1) is 13.6. The minimum Gasteiger partial charge on any atom is -0.493 e. The molecule has 1 aromatic carbocycles. The Morgan fingerprint density at radius 1 is 0.882 bits per heavy atom. The molecule has 0 saturated carbocycles. The molecule has 0 aromatic heterocycles. The van der Waals surface area contributed by atoms with Crippen molar-refractivity contribution in [1.29, 1.82) is 0 Å². The van der Waals surface area contributed by atoms with Gasteiger partial charge in [0.05, 0.1) is 12.7 Å². The quantitative estimate of drug-likeness (QED) is 0.698. The van der Waals surface area contributed by atoms with Gasteiger partial charge in [0.15, 0.2) is 11.6 Å². The summed E-state index contributed by atoms with van der Waals surface area (Å²) in [5, 5.41) is 0.